The van der Waals surface area contributed by atoms with Gasteiger partial charge in [0.2, 0.25) is 0 Å². The molecular weight excluding hydrogens is 252 g/mol. The highest BCUT2D eigenvalue weighted by Gasteiger charge is 2.25. The zero-order valence-corrected chi connectivity index (χ0v) is 10.2. The fraction of sp³-hybridized carbons (Fsp3) is 0.375. The summed E-state index contributed by atoms with van der Waals surface area (Å²) in [5, 5.41) is 1.63. The number of carbonyl (C=O) groups is 1. The van der Waals surface area contributed by atoms with Gasteiger partial charge < -0.3 is 10.5 Å². The first kappa shape index (κ1) is 13.1. The fourth-order valence-electron chi connectivity index (χ4n) is 0.996. The number of thiophene rings is 1. The van der Waals surface area contributed by atoms with E-state index in [1.165, 1.54) is 13.2 Å². The molecule has 6 nitrogen and oxygen atoms in total. The molecule has 8 heteroatoms. The number of carbonyl (C=O) groups excluding carboxylic acids is 1. The topological polar surface area (TPSA) is 98.5 Å². The summed E-state index contributed by atoms with van der Waals surface area (Å²) < 4.78 is 30.2. The maximum absolute atomic E-state index is 11.7. The molecule has 1 atom stereocenters. The minimum Gasteiger partial charge on any atom is -0.468 e. The Labute approximate surface area is 97.5 Å². The molecule has 1 aromatic rings. The molecule has 90 valence electrons. The van der Waals surface area contributed by atoms with E-state index >= 15 is 0 Å². The molecule has 1 heterocycles. The van der Waals surface area contributed by atoms with Crippen LogP contribution in [0.4, 0.5) is 0 Å². The molecule has 0 bridgehead atoms. The van der Waals surface area contributed by atoms with Gasteiger partial charge in [0.1, 0.15) is 10.3 Å². The standard InChI is InChI=1S/C8H12N2O4S2/c1-14-8(11)6(5-9)10-16(12,13)7-3-2-4-15-7/h2-4,6,10H,5,9H2,1H3/t6-/m0/s1. The van der Waals surface area contributed by atoms with Crippen LogP contribution in [0.3, 0.4) is 0 Å². The van der Waals surface area contributed by atoms with E-state index < -0.39 is 22.0 Å². The number of ether oxygens (including phenoxy) is 1. The number of rotatable bonds is 5. The number of nitrogens with two attached hydrogens (primary N) is 1. The average Bonchev–Trinajstić information content (AvgIpc) is 2.78. The summed E-state index contributed by atoms with van der Waals surface area (Å²) in [6, 6.07) is 1.99. The zero-order valence-electron chi connectivity index (χ0n) is 8.54. The van der Waals surface area contributed by atoms with Crippen molar-refractivity contribution in [1.82, 2.24) is 4.72 Å². The molecule has 0 amide bonds. The first-order chi connectivity index (χ1) is 7.51. The second kappa shape index (κ2) is 5.39. The summed E-state index contributed by atoms with van der Waals surface area (Å²) in [7, 11) is -2.52. The Balaban J connectivity index is 2.84. The van der Waals surface area contributed by atoms with Crippen LogP contribution in [0.1, 0.15) is 0 Å². The minimum absolute atomic E-state index is 0.134. The number of esters is 1. The number of methoxy groups -OCH3 is 1. The summed E-state index contributed by atoms with van der Waals surface area (Å²) in [6.45, 7) is -0.155. The van der Waals surface area contributed by atoms with Gasteiger partial charge in [0.25, 0.3) is 10.0 Å². The first-order valence-electron chi connectivity index (χ1n) is 4.35. The van der Waals surface area contributed by atoms with E-state index in [1.54, 1.807) is 11.4 Å². The maximum Gasteiger partial charge on any atom is 0.325 e. The third-order valence-electron chi connectivity index (χ3n) is 1.78. The van der Waals surface area contributed by atoms with Crippen molar-refractivity contribution in [2.45, 2.75) is 10.3 Å². The first-order valence-corrected chi connectivity index (χ1v) is 6.71. The van der Waals surface area contributed by atoms with Crippen molar-refractivity contribution >= 4 is 27.3 Å². The van der Waals surface area contributed by atoms with E-state index in [2.05, 4.69) is 9.46 Å². The molecule has 0 fully saturated rings. The Bertz CT molecular complexity index is 441. The van der Waals surface area contributed by atoms with Crippen LogP contribution in [0.25, 0.3) is 0 Å². The van der Waals surface area contributed by atoms with Gasteiger partial charge >= 0.3 is 5.97 Å². The molecule has 16 heavy (non-hydrogen) atoms. The molecule has 3 N–H and O–H groups in total. The molecule has 0 aliphatic rings. The molecule has 1 rings (SSSR count). The van der Waals surface area contributed by atoms with Crippen LogP contribution in [-0.4, -0.2) is 34.1 Å². The molecule has 0 unspecified atom stereocenters. The number of sulfonamides is 1. The Morgan fingerprint density at radius 2 is 2.38 bits per heavy atom. The monoisotopic (exact) mass is 264 g/mol. The second-order valence-corrected chi connectivity index (χ2v) is 5.75. The lowest BCUT2D eigenvalue weighted by atomic mass is 10.3. The largest absolute Gasteiger partial charge is 0.468 e. The molecule has 0 spiro atoms. The van der Waals surface area contributed by atoms with Gasteiger partial charge in [-0.3, -0.25) is 4.79 Å². The Kier molecular flexibility index (Phi) is 4.42. The Morgan fingerprint density at radius 3 is 2.81 bits per heavy atom. The maximum atomic E-state index is 11.7. The third kappa shape index (κ3) is 3.01. The van der Waals surface area contributed by atoms with E-state index in [4.69, 9.17) is 5.73 Å². The van der Waals surface area contributed by atoms with Crippen molar-refractivity contribution in [3.05, 3.63) is 17.5 Å². The van der Waals surface area contributed by atoms with Crippen LogP contribution < -0.4 is 10.5 Å². The van der Waals surface area contributed by atoms with Crippen LogP contribution in [-0.2, 0) is 19.6 Å². The van der Waals surface area contributed by atoms with Gasteiger partial charge in [-0.1, -0.05) is 6.07 Å². The zero-order chi connectivity index (χ0) is 12.2. The molecule has 0 aromatic carbocycles. The molecule has 0 aliphatic heterocycles. The van der Waals surface area contributed by atoms with Crippen LogP contribution in [0.2, 0.25) is 0 Å². The van der Waals surface area contributed by atoms with Crippen LogP contribution in [0.15, 0.2) is 21.7 Å². The summed E-state index contributed by atoms with van der Waals surface area (Å²) >= 11 is 1.06. The molecular formula is C8H12N2O4S2. The lowest BCUT2D eigenvalue weighted by Gasteiger charge is -2.13. The number of nitrogens with one attached hydrogen (secondary N) is 1. The Morgan fingerprint density at radius 1 is 1.69 bits per heavy atom. The van der Waals surface area contributed by atoms with Crippen molar-refractivity contribution in [1.29, 1.82) is 0 Å². The predicted octanol–water partition coefficient (Wildman–Crippen LogP) is -0.473. The lowest BCUT2D eigenvalue weighted by molar-refractivity contribution is -0.142. The SMILES string of the molecule is COC(=O)[C@H](CN)NS(=O)(=O)c1cccs1. The van der Waals surface area contributed by atoms with Crippen LogP contribution >= 0.6 is 11.3 Å². The lowest BCUT2D eigenvalue weighted by Crippen LogP contribution is -2.46. The van der Waals surface area contributed by atoms with Gasteiger partial charge in [-0.15, -0.1) is 11.3 Å². The van der Waals surface area contributed by atoms with Gasteiger partial charge in [0.05, 0.1) is 7.11 Å². The highest BCUT2D eigenvalue weighted by atomic mass is 32.2. The fourth-order valence-corrected chi connectivity index (χ4v) is 3.20. The second-order valence-electron chi connectivity index (χ2n) is 2.86. The van der Waals surface area contributed by atoms with Gasteiger partial charge in [-0.2, -0.15) is 4.72 Å². The summed E-state index contributed by atoms with van der Waals surface area (Å²) in [5.74, 6) is -0.706. The molecule has 0 saturated carbocycles. The van der Waals surface area contributed by atoms with E-state index in [1.807, 2.05) is 0 Å². The average molecular weight is 264 g/mol. The van der Waals surface area contributed by atoms with Crippen molar-refractivity contribution in [3.8, 4) is 0 Å². The van der Waals surface area contributed by atoms with Gasteiger partial charge in [-0.05, 0) is 11.4 Å². The van der Waals surface area contributed by atoms with Gasteiger partial charge in [0, 0.05) is 6.54 Å². The van der Waals surface area contributed by atoms with E-state index in [-0.39, 0.29) is 10.8 Å². The van der Waals surface area contributed by atoms with Crippen LogP contribution in [0.5, 0.6) is 0 Å². The van der Waals surface area contributed by atoms with Gasteiger partial charge in [0.15, 0.2) is 0 Å². The third-order valence-corrected chi connectivity index (χ3v) is 4.65. The summed E-state index contributed by atoms with van der Waals surface area (Å²) in [6.07, 6.45) is 0. The highest BCUT2D eigenvalue weighted by molar-refractivity contribution is 7.91. The van der Waals surface area contributed by atoms with Crippen molar-refractivity contribution in [3.63, 3.8) is 0 Å². The van der Waals surface area contributed by atoms with Crippen molar-refractivity contribution < 1.29 is 17.9 Å². The molecule has 0 saturated heterocycles. The quantitative estimate of drug-likeness (QED) is 0.700. The number of hydrogen-bond acceptors (Lipinski definition) is 6. The summed E-state index contributed by atoms with van der Waals surface area (Å²) in [5.41, 5.74) is 5.29. The van der Waals surface area contributed by atoms with E-state index in [9.17, 15) is 13.2 Å². The molecule has 0 aliphatic carbocycles. The van der Waals surface area contributed by atoms with Crippen molar-refractivity contribution in [2.24, 2.45) is 5.73 Å². The summed E-state index contributed by atoms with van der Waals surface area (Å²) in [4.78, 5) is 11.2. The van der Waals surface area contributed by atoms with Crippen molar-refractivity contribution in [2.75, 3.05) is 13.7 Å². The van der Waals surface area contributed by atoms with E-state index in [0.29, 0.717) is 0 Å². The highest BCUT2D eigenvalue weighted by Crippen LogP contribution is 2.15. The molecule has 1 aromatic heterocycles. The predicted molar refractivity (Wildman–Crippen MR) is 59.5 cm³/mol. The smallest absolute Gasteiger partial charge is 0.325 e. The molecule has 0 radical (unpaired) electrons. The minimum atomic E-state index is -3.70. The Hall–Kier alpha value is -0.960. The van der Waals surface area contributed by atoms with Gasteiger partial charge in [-0.25, -0.2) is 8.42 Å². The number of hydrogen-bond donors (Lipinski definition) is 2. The van der Waals surface area contributed by atoms with E-state index in [0.717, 1.165) is 11.3 Å². The van der Waals surface area contributed by atoms with Crippen LogP contribution in [0, 0.1) is 0 Å². The normalized spacial score (nSPS) is 13.4.